The van der Waals surface area contributed by atoms with Crippen LogP contribution in [0.2, 0.25) is 0 Å². The Hall–Kier alpha value is -1.59. The molecule has 0 aliphatic rings. The van der Waals surface area contributed by atoms with Crippen molar-refractivity contribution in [3.8, 4) is 0 Å². The van der Waals surface area contributed by atoms with Gasteiger partial charge in [0.05, 0.1) is 6.04 Å². The van der Waals surface area contributed by atoms with Gasteiger partial charge in [0, 0.05) is 20.8 Å². The third-order valence-electron chi connectivity index (χ3n) is 1.77. The summed E-state index contributed by atoms with van der Waals surface area (Å²) in [7, 11) is 0. The Labute approximate surface area is 94.3 Å². The van der Waals surface area contributed by atoms with Gasteiger partial charge in [0.2, 0.25) is 5.91 Å². The molecule has 6 nitrogen and oxygen atoms in total. The molecular formula is C10H17NO5. The van der Waals surface area contributed by atoms with E-state index >= 15 is 0 Å². The molecule has 0 saturated heterocycles. The van der Waals surface area contributed by atoms with Gasteiger partial charge in [-0.2, -0.15) is 0 Å². The van der Waals surface area contributed by atoms with Crippen LogP contribution in [-0.4, -0.2) is 36.6 Å². The Balaban J connectivity index is 4.33. The van der Waals surface area contributed by atoms with Crippen LogP contribution in [0.4, 0.5) is 0 Å². The maximum absolute atomic E-state index is 10.9. The van der Waals surface area contributed by atoms with E-state index in [1.807, 2.05) is 0 Å². The van der Waals surface area contributed by atoms with E-state index in [9.17, 15) is 14.4 Å². The average Bonchev–Trinajstić information content (AvgIpc) is 2.09. The van der Waals surface area contributed by atoms with Crippen LogP contribution in [0, 0.1) is 0 Å². The van der Waals surface area contributed by atoms with Gasteiger partial charge in [-0.05, 0) is 6.92 Å². The van der Waals surface area contributed by atoms with Gasteiger partial charge >= 0.3 is 11.9 Å². The molecule has 92 valence electrons. The van der Waals surface area contributed by atoms with E-state index in [0.29, 0.717) is 0 Å². The van der Waals surface area contributed by atoms with E-state index in [1.54, 1.807) is 6.92 Å². The second-order valence-electron chi connectivity index (χ2n) is 3.42. The first-order chi connectivity index (χ1) is 7.32. The minimum absolute atomic E-state index is 0.0244. The highest BCUT2D eigenvalue weighted by atomic mass is 16.6. The highest BCUT2D eigenvalue weighted by Crippen LogP contribution is 2.01. The monoisotopic (exact) mass is 231 g/mol. The number of nitrogens with one attached hydrogen (secondary N) is 1. The summed E-state index contributed by atoms with van der Waals surface area (Å²) in [4.78, 5) is 32.3. The topological polar surface area (TPSA) is 81.7 Å². The Morgan fingerprint density at radius 1 is 1.12 bits per heavy atom. The van der Waals surface area contributed by atoms with E-state index in [4.69, 9.17) is 9.47 Å². The summed E-state index contributed by atoms with van der Waals surface area (Å²) in [5.74, 6) is -1.19. The molecule has 0 aromatic carbocycles. The molecule has 0 aromatic rings. The van der Waals surface area contributed by atoms with E-state index < -0.39 is 24.1 Å². The fourth-order valence-corrected chi connectivity index (χ4v) is 1.11. The number of ether oxygens (including phenoxy) is 2. The normalized spacial score (nSPS) is 13.5. The molecule has 2 unspecified atom stereocenters. The molecule has 1 amide bonds. The summed E-state index contributed by atoms with van der Waals surface area (Å²) in [6.45, 7) is 5.46. The second-order valence-corrected chi connectivity index (χ2v) is 3.42. The van der Waals surface area contributed by atoms with Crippen molar-refractivity contribution in [2.45, 2.75) is 39.8 Å². The lowest BCUT2D eigenvalue weighted by molar-refractivity contribution is -0.150. The summed E-state index contributed by atoms with van der Waals surface area (Å²) < 4.78 is 9.66. The molecule has 0 rings (SSSR count). The summed E-state index contributed by atoms with van der Waals surface area (Å²) in [5, 5.41) is 2.55. The average molecular weight is 231 g/mol. The molecule has 1 N–H and O–H groups in total. The SMILES string of the molecule is CC(=O)NC(COC(C)=O)C(C)OC(C)=O. The maximum Gasteiger partial charge on any atom is 0.302 e. The van der Waals surface area contributed by atoms with Crippen LogP contribution in [-0.2, 0) is 23.9 Å². The van der Waals surface area contributed by atoms with Crippen molar-refractivity contribution in [1.29, 1.82) is 0 Å². The summed E-state index contributed by atoms with van der Waals surface area (Å²) in [5.41, 5.74) is 0. The Morgan fingerprint density at radius 3 is 2.06 bits per heavy atom. The van der Waals surface area contributed by atoms with Crippen LogP contribution in [0.25, 0.3) is 0 Å². The molecule has 0 radical (unpaired) electrons. The summed E-state index contributed by atoms with van der Waals surface area (Å²) in [6.07, 6.45) is -0.555. The number of esters is 2. The van der Waals surface area contributed by atoms with Crippen LogP contribution >= 0.6 is 0 Å². The third-order valence-corrected chi connectivity index (χ3v) is 1.77. The Bertz CT molecular complexity index is 276. The largest absolute Gasteiger partial charge is 0.464 e. The molecule has 0 heterocycles. The van der Waals surface area contributed by atoms with Crippen LogP contribution in [0.15, 0.2) is 0 Å². The molecule has 16 heavy (non-hydrogen) atoms. The zero-order chi connectivity index (χ0) is 12.7. The lowest BCUT2D eigenvalue weighted by atomic mass is 10.2. The molecule has 0 bridgehead atoms. The fourth-order valence-electron chi connectivity index (χ4n) is 1.11. The molecule has 0 aliphatic heterocycles. The first-order valence-corrected chi connectivity index (χ1v) is 4.90. The molecule has 2 atom stereocenters. The molecule has 0 aromatic heterocycles. The van der Waals surface area contributed by atoms with Crippen molar-refractivity contribution < 1.29 is 23.9 Å². The van der Waals surface area contributed by atoms with E-state index in [-0.39, 0.29) is 12.5 Å². The predicted octanol–water partition coefficient (Wildman–Crippen LogP) is 0.00580. The van der Waals surface area contributed by atoms with E-state index in [0.717, 1.165) is 0 Å². The van der Waals surface area contributed by atoms with Gasteiger partial charge in [0.25, 0.3) is 0 Å². The van der Waals surface area contributed by atoms with Crippen molar-refractivity contribution in [1.82, 2.24) is 5.32 Å². The molecule has 0 fully saturated rings. The zero-order valence-corrected chi connectivity index (χ0v) is 9.90. The number of carbonyl (C=O) groups excluding carboxylic acids is 3. The Kier molecular flexibility index (Phi) is 6.14. The van der Waals surface area contributed by atoms with Crippen LogP contribution in [0.3, 0.4) is 0 Å². The van der Waals surface area contributed by atoms with Crippen molar-refractivity contribution in [3.63, 3.8) is 0 Å². The van der Waals surface area contributed by atoms with Gasteiger partial charge in [-0.3, -0.25) is 14.4 Å². The molecule has 0 spiro atoms. The van der Waals surface area contributed by atoms with Crippen molar-refractivity contribution >= 4 is 17.8 Å². The number of hydrogen-bond donors (Lipinski definition) is 1. The highest BCUT2D eigenvalue weighted by Gasteiger charge is 2.21. The maximum atomic E-state index is 10.9. The summed E-state index contributed by atoms with van der Waals surface area (Å²) >= 11 is 0. The standard InChI is InChI=1S/C10H17NO5/c1-6(16-9(4)14)10(11-7(2)12)5-15-8(3)13/h6,10H,5H2,1-4H3,(H,11,12). The molecular weight excluding hydrogens is 214 g/mol. The minimum Gasteiger partial charge on any atom is -0.464 e. The molecule has 6 heteroatoms. The van der Waals surface area contributed by atoms with Gasteiger partial charge in [-0.25, -0.2) is 0 Å². The molecule has 0 aliphatic carbocycles. The van der Waals surface area contributed by atoms with Gasteiger partial charge in [-0.1, -0.05) is 0 Å². The number of rotatable bonds is 5. The smallest absolute Gasteiger partial charge is 0.302 e. The zero-order valence-electron chi connectivity index (χ0n) is 9.90. The highest BCUT2D eigenvalue weighted by molar-refractivity contribution is 5.73. The minimum atomic E-state index is -0.555. The lowest BCUT2D eigenvalue weighted by Gasteiger charge is -2.23. The van der Waals surface area contributed by atoms with Crippen LogP contribution in [0.1, 0.15) is 27.7 Å². The number of carbonyl (C=O) groups is 3. The van der Waals surface area contributed by atoms with Crippen LogP contribution in [0.5, 0.6) is 0 Å². The van der Waals surface area contributed by atoms with Crippen molar-refractivity contribution in [3.05, 3.63) is 0 Å². The van der Waals surface area contributed by atoms with Gasteiger partial charge < -0.3 is 14.8 Å². The number of amides is 1. The van der Waals surface area contributed by atoms with Gasteiger partial charge in [-0.15, -0.1) is 0 Å². The first-order valence-electron chi connectivity index (χ1n) is 4.90. The lowest BCUT2D eigenvalue weighted by Crippen LogP contribution is -2.46. The van der Waals surface area contributed by atoms with Crippen molar-refractivity contribution in [2.24, 2.45) is 0 Å². The van der Waals surface area contributed by atoms with E-state index in [2.05, 4.69) is 5.32 Å². The quantitative estimate of drug-likeness (QED) is 0.674. The molecule has 0 saturated carbocycles. The van der Waals surface area contributed by atoms with Gasteiger partial charge in [0.15, 0.2) is 0 Å². The fraction of sp³-hybridized carbons (Fsp3) is 0.700. The first kappa shape index (κ1) is 14.4. The predicted molar refractivity (Wildman–Crippen MR) is 55.5 cm³/mol. The van der Waals surface area contributed by atoms with Crippen molar-refractivity contribution in [2.75, 3.05) is 6.61 Å². The van der Waals surface area contributed by atoms with Gasteiger partial charge in [0.1, 0.15) is 12.7 Å². The number of hydrogen-bond acceptors (Lipinski definition) is 5. The second kappa shape index (κ2) is 6.81. The van der Waals surface area contributed by atoms with E-state index in [1.165, 1.54) is 20.8 Å². The Morgan fingerprint density at radius 2 is 1.69 bits per heavy atom. The van der Waals surface area contributed by atoms with Crippen LogP contribution < -0.4 is 5.32 Å². The summed E-state index contributed by atoms with van der Waals surface area (Å²) in [6, 6.07) is -0.537. The third kappa shape index (κ3) is 6.80.